The lowest BCUT2D eigenvalue weighted by molar-refractivity contribution is -0.111. The Kier molecular flexibility index (Phi) is 7.03. The van der Waals surface area contributed by atoms with Crippen molar-refractivity contribution in [3.8, 4) is 11.5 Å². The van der Waals surface area contributed by atoms with Gasteiger partial charge in [-0.3, -0.25) is 4.79 Å². The van der Waals surface area contributed by atoms with E-state index in [4.69, 9.17) is 9.47 Å². The van der Waals surface area contributed by atoms with Crippen molar-refractivity contribution in [2.45, 2.75) is 20.8 Å². The molecule has 0 aliphatic carbocycles. The number of amides is 1. The fraction of sp³-hybridized carbons (Fsp3) is 0.227. The molecule has 1 amide bonds. The molecule has 0 bridgehead atoms. The first-order valence-electron chi connectivity index (χ1n) is 8.48. The molecule has 0 radical (unpaired) electrons. The Balaban J connectivity index is 2.05. The number of allylic oxidation sites excluding steroid dienone is 1. The SMILES string of the molecule is COc1ccc(/C=C/C(=O)Nc2ccc(C)cc2)cc1OCC=C(C)C. The van der Waals surface area contributed by atoms with Crippen LogP contribution in [0.2, 0.25) is 0 Å². The largest absolute Gasteiger partial charge is 0.493 e. The summed E-state index contributed by atoms with van der Waals surface area (Å²) in [6, 6.07) is 13.2. The molecule has 0 aromatic heterocycles. The van der Waals surface area contributed by atoms with Gasteiger partial charge in [0.1, 0.15) is 6.61 Å². The van der Waals surface area contributed by atoms with Gasteiger partial charge in [-0.05, 0) is 62.8 Å². The van der Waals surface area contributed by atoms with Gasteiger partial charge in [-0.15, -0.1) is 0 Å². The first-order chi connectivity index (χ1) is 12.5. The first kappa shape index (κ1) is 19.3. The Morgan fingerprint density at radius 1 is 1.08 bits per heavy atom. The zero-order valence-electron chi connectivity index (χ0n) is 15.7. The summed E-state index contributed by atoms with van der Waals surface area (Å²) in [4.78, 5) is 12.1. The lowest BCUT2D eigenvalue weighted by Crippen LogP contribution is -2.07. The molecule has 2 aromatic carbocycles. The Morgan fingerprint density at radius 3 is 2.46 bits per heavy atom. The van der Waals surface area contributed by atoms with Crippen molar-refractivity contribution in [3.05, 3.63) is 71.3 Å². The molecule has 0 spiro atoms. The van der Waals surface area contributed by atoms with Crippen LogP contribution in [0.1, 0.15) is 25.0 Å². The molecule has 0 heterocycles. The Morgan fingerprint density at radius 2 is 1.81 bits per heavy atom. The number of benzene rings is 2. The zero-order chi connectivity index (χ0) is 18.9. The fourth-order valence-electron chi connectivity index (χ4n) is 2.20. The van der Waals surface area contributed by atoms with Crippen LogP contribution < -0.4 is 14.8 Å². The minimum absolute atomic E-state index is 0.184. The van der Waals surface area contributed by atoms with Gasteiger partial charge in [0.05, 0.1) is 7.11 Å². The van der Waals surface area contributed by atoms with Gasteiger partial charge < -0.3 is 14.8 Å². The van der Waals surface area contributed by atoms with E-state index in [-0.39, 0.29) is 5.91 Å². The van der Waals surface area contributed by atoms with Crippen molar-refractivity contribution < 1.29 is 14.3 Å². The van der Waals surface area contributed by atoms with Crippen molar-refractivity contribution in [2.75, 3.05) is 19.0 Å². The molecule has 0 aliphatic heterocycles. The first-order valence-corrected chi connectivity index (χ1v) is 8.48. The summed E-state index contributed by atoms with van der Waals surface area (Å²) in [7, 11) is 1.60. The highest BCUT2D eigenvalue weighted by atomic mass is 16.5. The summed E-state index contributed by atoms with van der Waals surface area (Å²) in [5.74, 6) is 1.12. The van der Waals surface area contributed by atoms with Gasteiger partial charge in [0.15, 0.2) is 11.5 Å². The minimum atomic E-state index is -0.184. The summed E-state index contributed by atoms with van der Waals surface area (Å²) >= 11 is 0. The molecule has 26 heavy (non-hydrogen) atoms. The normalized spacial score (nSPS) is 10.5. The van der Waals surface area contributed by atoms with E-state index in [0.29, 0.717) is 18.1 Å². The standard InChI is InChI=1S/C22H25NO3/c1-16(2)13-14-26-21-15-18(7-11-20(21)25-4)8-12-22(24)23-19-9-5-17(3)6-10-19/h5-13,15H,14H2,1-4H3,(H,23,24)/b12-8+. The summed E-state index contributed by atoms with van der Waals surface area (Å²) in [5.41, 5.74) is 3.97. The molecule has 2 rings (SSSR count). The quantitative estimate of drug-likeness (QED) is 0.564. The molecular weight excluding hydrogens is 326 g/mol. The third-order valence-electron chi connectivity index (χ3n) is 3.66. The van der Waals surface area contributed by atoms with Crippen LogP contribution in [0, 0.1) is 6.92 Å². The number of anilines is 1. The van der Waals surface area contributed by atoms with E-state index in [0.717, 1.165) is 16.8 Å². The molecule has 4 nitrogen and oxygen atoms in total. The molecule has 0 atom stereocenters. The molecule has 4 heteroatoms. The highest BCUT2D eigenvalue weighted by molar-refractivity contribution is 6.01. The highest BCUT2D eigenvalue weighted by Crippen LogP contribution is 2.28. The summed E-state index contributed by atoms with van der Waals surface area (Å²) in [6.07, 6.45) is 5.25. The zero-order valence-corrected chi connectivity index (χ0v) is 15.7. The average Bonchev–Trinajstić information content (AvgIpc) is 2.62. The minimum Gasteiger partial charge on any atom is -0.493 e. The third-order valence-corrected chi connectivity index (χ3v) is 3.66. The molecule has 1 N–H and O–H groups in total. The van der Waals surface area contributed by atoms with E-state index in [1.165, 1.54) is 11.6 Å². The van der Waals surface area contributed by atoms with Crippen LogP contribution in [0.4, 0.5) is 5.69 Å². The molecule has 0 fully saturated rings. The second-order valence-electron chi connectivity index (χ2n) is 6.19. The number of hydrogen-bond acceptors (Lipinski definition) is 3. The maximum absolute atomic E-state index is 12.1. The Bertz CT molecular complexity index is 801. The monoisotopic (exact) mass is 351 g/mol. The van der Waals surface area contributed by atoms with Crippen LogP contribution in [0.5, 0.6) is 11.5 Å². The molecule has 2 aromatic rings. The lowest BCUT2D eigenvalue weighted by atomic mass is 10.2. The Labute approximate surface area is 155 Å². The van der Waals surface area contributed by atoms with Crippen LogP contribution in [0.25, 0.3) is 6.08 Å². The lowest BCUT2D eigenvalue weighted by Gasteiger charge is -2.10. The molecule has 0 aliphatic rings. The number of nitrogens with one attached hydrogen (secondary N) is 1. The Hall–Kier alpha value is -3.01. The van der Waals surface area contributed by atoms with Crippen molar-refractivity contribution in [2.24, 2.45) is 0 Å². The number of aryl methyl sites for hydroxylation is 1. The number of carbonyl (C=O) groups is 1. The smallest absolute Gasteiger partial charge is 0.248 e. The van der Waals surface area contributed by atoms with Gasteiger partial charge >= 0.3 is 0 Å². The molecule has 0 saturated carbocycles. The van der Waals surface area contributed by atoms with E-state index in [9.17, 15) is 4.79 Å². The van der Waals surface area contributed by atoms with Crippen LogP contribution in [0.3, 0.4) is 0 Å². The topological polar surface area (TPSA) is 47.6 Å². The van der Waals surface area contributed by atoms with Crippen LogP contribution in [0.15, 0.2) is 60.2 Å². The number of rotatable bonds is 7. The maximum Gasteiger partial charge on any atom is 0.248 e. The number of hydrogen-bond donors (Lipinski definition) is 1. The molecule has 0 unspecified atom stereocenters. The fourth-order valence-corrected chi connectivity index (χ4v) is 2.20. The van der Waals surface area contributed by atoms with Crippen molar-refractivity contribution in [3.63, 3.8) is 0 Å². The van der Waals surface area contributed by atoms with Gasteiger partial charge in [-0.2, -0.15) is 0 Å². The number of carbonyl (C=O) groups excluding carboxylic acids is 1. The van der Waals surface area contributed by atoms with Crippen molar-refractivity contribution in [1.82, 2.24) is 0 Å². The van der Waals surface area contributed by atoms with E-state index >= 15 is 0 Å². The predicted molar refractivity (Wildman–Crippen MR) is 107 cm³/mol. The van der Waals surface area contributed by atoms with E-state index < -0.39 is 0 Å². The van der Waals surface area contributed by atoms with Gasteiger partial charge in [0.25, 0.3) is 0 Å². The summed E-state index contributed by atoms with van der Waals surface area (Å²) in [5, 5.41) is 2.83. The van der Waals surface area contributed by atoms with Gasteiger partial charge in [-0.25, -0.2) is 0 Å². The number of ether oxygens (including phenoxy) is 2. The second kappa shape index (κ2) is 9.47. The van der Waals surface area contributed by atoms with Crippen molar-refractivity contribution in [1.29, 1.82) is 0 Å². The number of methoxy groups -OCH3 is 1. The van der Waals surface area contributed by atoms with Gasteiger partial charge in [0, 0.05) is 11.8 Å². The average molecular weight is 351 g/mol. The van der Waals surface area contributed by atoms with Crippen LogP contribution >= 0.6 is 0 Å². The summed E-state index contributed by atoms with van der Waals surface area (Å²) in [6.45, 7) is 6.52. The third kappa shape index (κ3) is 6.13. The molecular formula is C22H25NO3. The maximum atomic E-state index is 12.1. The van der Waals surface area contributed by atoms with Crippen molar-refractivity contribution >= 4 is 17.7 Å². The van der Waals surface area contributed by atoms with E-state index in [1.807, 2.05) is 69.3 Å². The van der Waals surface area contributed by atoms with Crippen LogP contribution in [-0.2, 0) is 4.79 Å². The molecule has 136 valence electrons. The predicted octanol–water partition coefficient (Wildman–Crippen LogP) is 5.00. The van der Waals surface area contributed by atoms with E-state index in [1.54, 1.807) is 13.2 Å². The highest BCUT2D eigenvalue weighted by Gasteiger charge is 2.05. The summed E-state index contributed by atoms with van der Waals surface area (Å²) < 4.78 is 11.1. The van der Waals surface area contributed by atoms with Crippen LogP contribution in [-0.4, -0.2) is 19.6 Å². The molecule has 0 saturated heterocycles. The van der Waals surface area contributed by atoms with Gasteiger partial charge in [0.2, 0.25) is 5.91 Å². The second-order valence-corrected chi connectivity index (χ2v) is 6.19. The van der Waals surface area contributed by atoms with Gasteiger partial charge in [-0.1, -0.05) is 29.3 Å². The van der Waals surface area contributed by atoms with E-state index in [2.05, 4.69) is 5.32 Å².